The molecule has 1 aliphatic carbocycles. The Bertz CT molecular complexity index is 840. The lowest BCUT2D eigenvalue weighted by Gasteiger charge is -2.35. The average molecular weight is 379 g/mol. The molecule has 0 amide bonds. The van der Waals surface area contributed by atoms with E-state index in [0.717, 1.165) is 17.3 Å². The largest absolute Gasteiger partial charge is 0.508 e. The second-order valence-electron chi connectivity index (χ2n) is 6.47. The van der Waals surface area contributed by atoms with Gasteiger partial charge in [-0.15, -0.1) is 0 Å². The minimum Gasteiger partial charge on any atom is -0.508 e. The quantitative estimate of drug-likeness (QED) is 0.578. The van der Waals surface area contributed by atoms with E-state index in [1.54, 1.807) is 12.1 Å². The van der Waals surface area contributed by atoms with Gasteiger partial charge in [0.15, 0.2) is 0 Å². The molecule has 1 N–H and O–H groups in total. The smallest absolute Gasteiger partial charge is 0.115 e. The lowest BCUT2D eigenvalue weighted by molar-refractivity contribution is 0.474. The van der Waals surface area contributed by atoms with Crippen molar-refractivity contribution in [1.82, 2.24) is 0 Å². The van der Waals surface area contributed by atoms with Crippen LogP contribution in [0.15, 0.2) is 77.3 Å². The fraction of sp³-hybridized carbons (Fsp3) is 0.182. The zero-order valence-electron chi connectivity index (χ0n) is 13.3. The summed E-state index contributed by atoms with van der Waals surface area (Å²) in [6.07, 6.45) is 2.24. The van der Waals surface area contributed by atoms with Gasteiger partial charge in [-0.1, -0.05) is 64.5 Å². The predicted octanol–water partition coefficient (Wildman–Crippen LogP) is 6.02. The van der Waals surface area contributed by atoms with Gasteiger partial charge < -0.3 is 5.11 Å². The Morgan fingerprint density at radius 2 is 1.58 bits per heavy atom. The number of phenolic OH excluding ortho intramolecular Hbond substituents is 1. The summed E-state index contributed by atoms with van der Waals surface area (Å²) in [4.78, 5) is 0. The molecular formula is C22H19BrO. The van der Waals surface area contributed by atoms with Crippen molar-refractivity contribution in [2.24, 2.45) is 0 Å². The molecule has 3 aromatic carbocycles. The molecule has 0 saturated heterocycles. The lowest BCUT2D eigenvalue weighted by Crippen LogP contribution is -2.20. The summed E-state index contributed by atoms with van der Waals surface area (Å²) in [5, 5.41) is 9.66. The van der Waals surface area contributed by atoms with Crippen molar-refractivity contribution >= 4 is 15.9 Å². The first-order chi connectivity index (χ1) is 11.7. The van der Waals surface area contributed by atoms with E-state index in [-0.39, 0.29) is 0 Å². The first kappa shape index (κ1) is 15.5. The van der Waals surface area contributed by atoms with Crippen LogP contribution in [0.4, 0.5) is 0 Å². The van der Waals surface area contributed by atoms with Gasteiger partial charge in [0, 0.05) is 10.4 Å². The van der Waals surface area contributed by atoms with Crippen LogP contribution < -0.4 is 0 Å². The molecule has 0 bridgehead atoms. The van der Waals surface area contributed by atoms with E-state index < -0.39 is 0 Å². The molecule has 0 spiro atoms. The summed E-state index contributed by atoms with van der Waals surface area (Å²) in [7, 11) is 0. The minimum atomic E-state index is 0.321. The zero-order chi connectivity index (χ0) is 16.5. The maximum absolute atomic E-state index is 9.66. The van der Waals surface area contributed by atoms with Gasteiger partial charge in [-0.25, -0.2) is 0 Å². The SMILES string of the molecule is Oc1ccc([C@@H]2c3ccc(Br)cc3CC[C@@H]2c2ccccc2)cc1. The Kier molecular flexibility index (Phi) is 4.15. The molecule has 2 heteroatoms. The van der Waals surface area contributed by atoms with Crippen molar-refractivity contribution < 1.29 is 5.11 Å². The van der Waals surface area contributed by atoms with Crippen LogP contribution in [0.2, 0.25) is 0 Å². The van der Waals surface area contributed by atoms with Crippen LogP contribution in [0.3, 0.4) is 0 Å². The number of hydrogen-bond donors (Lipinski definition) is 1. The van der Waals surface area contributed by atoms with E-state index in [1.807, 2.05) is 0 Å². The number of aryl methyl sites for hydroxylation is 1. The third-order valence-electron chi connectivity index (χ3n) is 5.05. The summed E-state index contributed by atoms with van der Waals surface area (Å²) in [6, 6.07) is 25.2. The van der Waals surface area contributed by atoms with Crippen LogP contribution in [-0.2, 0) is 6.42 Å². The van der Waals surface area contributed by atoms with Crippen LogP contribution in [0.1, 0.15) is 40.5 Å². The molecule has 24 heavy (non-hydrogen) atoms. The van der Waals surface area contributed by atoms with Crippen molar-refractivity contribution in [3.63, 3.8) is 0 Å². The van der Waals surface area contributed by atoms with E-state index in [1.165, 1.54) is 22.3 Å². The van der Waals surface area contributed by atoms with Gasteiger partial charge in [-0.3, -0.25) is 0 Å². The lowest BCUT2D eigenvalue weighted by atomic mass is 9.69. The van der Waals surface area contributed by atoms with Gasteiger partial charge in [0.1, 0.15) is 5.75 Å². The fourth-order valence-electron chi connectivity index (χ4n) is 3.94. The van der Waals surface area contributed by atoms with Crippen LogP contribution in [0, 0.1) is 0 Å². The van der Waals surface area contributed by atoms with Crippen LogP contribution in [0.25, 0.3) is 0 Å². The monoisotopic (exact) mass is 378 g/mol. The van der Waals surface area contributed by atoms with E-state index in [4.69, 9.17) is 0 Å². The Morgan fingerprint density at radius 3 is 2.33 bits per heavy atom. The van der Waals surface area contributed by atoms with E-state index in [2.05, 4.69) is 76.6 Å². The first-order valence-corrected chi connectivity index (χ1v) is 9.14. The van der Waals surface area contributed by atoms with Crippen molar-refractivity contribution in [2.45, 2.75) is 24.7 Å². The Balaban J connectivity index is 1.86. The molecule has 0 fully saturated rings. The molecule has 3 aromatic rings. The van der Waals surface area contributed by atoms with E-state index in [9.17, 15) is 5.11 Å². The van der Waals surface area contributed by atoms with E-state index in [0.29, 0.717) is 17.6 Å². The predicted molar refractivity (Wildman–Crippen MR) is 102 cm³/mol. The number of halogens is 1. The summed E-state index contributed by atoms with van der Waals surface area (Å²) in [5.41, 5.74) is 5.49. The van der Waals surface area contributed by atoms with Gasteiger partial charge in [-0.2, -0.15) is 0 Å². The standard InChI is InChI=1S/C22H19BrO/c23-18-9-13-21-17(14-18)8-12-20(15-4-2-1-3-5-15)22(21)16-6-10-19(24)11-7-16/h1-7,9-11,13-14,20,22,24H,8,12H2/t20-,22+/m1/s1. The molecule has 0 aromatic heterocycles. The van der Waals surface area contributed by atoms with Gasteiger partial charge >= 0.3 is 0 Å². The second kappa shape index (κ2) is 6.45. The van der Waals surface area contributed by atoms with Crippen LogP contribution in [-0.4, -0.2) is 5.11 Å². The van der Waals surface area contributed by atoms with E-state index >= 15 is 0 Å². The summed E-state index contributed by atoms with van der Waals surface area (Å²) in [5.74, 6) is 1.11. The van der Waals surface area contributed by atoms with Gasteiger partial charge in [0.05, 0.1) is 0 Å². The molecule has 120 valence electrons. The van der Waals surface area contributed by atoms with Gasteiger partial charge in [-0.05, 0) is 65.3 Å². The molecular weight excluding hydrogens is 360 g/mol. The number of benzene rings is 3. The number of rotatable bonds is 2. The molecule has 0 heterocycles. The summed E-state index contributed by atoms with van der Waals surface area (Å²) >= 11 is 3.60. The summed E-state index contributed by atoms with van der Waals surface area (Å²) in [6.45, 7) is 0. The Labute approximate surface area is 151 Å². The Morgan fingerprint density at radius 1 is 0.833 bits per heavy atom. The van der Waals surface area contributed by atoms with Crippen molar-refractivity contribution in [1.29, 1.82) is 0 Å². The third-order valence-corrected chi connectivity index (χ3v) is 5.54. The third kappa shape index (κ3) is 2.87. The molecule has 1 aliphatic rings. The maximum atomic E-state index is 9.66. The van der Waals surface area contributed by atoms with Gasteiger partial charge in [0.2, 0.25) is 0 Å². The number of aromatic hydroxyl groups is 1. The number of phenols is 1. The number of hydrogen-bond acceptors (Lipinski definition) is 1. The molecule has 4 rings (SSSR count). The van der Waals surface area contributed by atoms with Crippen molar-refractivity contribution in [3.8, 4) is 5.75 Å². The van der Waals surface area contributed by atoms with Crippen LogP contribution in [0.5, 0.6) is 5.75 Å². The van der Waals surface area contributed by atoms with Crippen molar-refractivity contribution in [3.05, 3.63) is 99.5 Å². The highest BCUT2D eigenvalue weighted by molar-refractivity contribution is 9.10. The topological polar surface area (TPSA) is 20.2 Å². The highest BCUT2D eigenvalue weighted by Gasteiger charge is 2.31. The second-order valence-corrected chi connectivity index (χ2v) is 7.38. The molecule has 1 nitrogen and oxygen atoms in total. The fourth-order valence-corrected chi connectivity index (χ4v) is 4.35. The highest BCUT2D eigenvalue weighted by atomic mass is 79.9. The molecule has 2 atom stereocenters. The van der Waals surface area contributed by atoms with Crippen molar-refractivity contribution in [2.75, 3.05) is 0 Å². The maximum Gasteiger partial charge on any atom is 0.115 e. The number of fused-ring (bicyclic) bond motifs is 1. The minimum absolute atomic E-state index is 0.321. The molecule has 0 radical (unpaired) electrons. The normalized spacial score (nSPS) is 19.7. The molecule has 0 aliphatic heterocycles. The average Bonchev–Trinajstić information content (AvgIpc) is 2.62. The van der Waals surface area contributed by atoms with Crippen LogP contribution >= 0.6 is 15.9 Å². The first-order valence-electron chi connectivity index (χ1n) is 8.34. The molecule has 0 saturated carbocycles. The summed E-state index contributed by atoms with van der Waals surface area (Å²) < 4.78 is 1.14. The highest BCUT2D eigenvalue weighted by Crippen LogP contribution is 2.46. The van der Waals surface area contributed by atoms with Gasteiger partial charge in [0.25, 0.3) is 0 Å². The Hall–Kier alpha value is -2.06. The zero-order valence-corrected chi connectivity index (χ0v) is 14.9. The molecule has 0 unspecified atom stereocenters.